The molecule has 3 aromatic rings. The number of rotatable bonds is 8. The third kappa shape index (κ3) is 5.52. The van der Waals surface area contributed by atoms with Crippen LogP contribution in [-0.2, 0) is 11.2 Å². The number of hydrogen-bond acceptors (Lipinski definition) is 7. The van der Waals surface area contributed by atoms with Crippen molar-refractivity contribution in [3.8, 4) is 0 Å². The molecular weight excluding hydrogens is 448 g/mol. The van der Waals surface area contributed by atoms with Crippen LogP contribution in [0, 0.1) is 11.6 Å². The van der Waals surface area contributed by atoms with E-state index in [1.165, 1.54) is 24.3 Å². The minimum absolute atomic E-state index is 0.0729. The molecule has 0 spiro atoms. The van der Waals surface area contributed by atoms with E-state index in [-0.39, 0.29) is 41.8 Å². The van der Waals surface area contributed by atoms with E-state index in [1.54, 1.807) is 6.07 Å². The van der Waals surface area contributed by atoms with Gasteiger partial charge in [-0.15, -0.1) is 0 Å². The van der Waals surface area contributed by atoms with Crippen LogP contribution < -0.4 is 21.0 Å². The number of nitrogens with one attached hydrogen (secondary N) is 2. The van der Waals surface area contributed by atoms with Gasteiger partial charge in [-0.3, -0.25) is 9.59 Å². The minimum atomic E-state index is -0.698. The van der Waals surface area contributed by atoms with Crippen LogP contribution in [0.5, 0.6) is 0 Å². The van der Waals surface area contributed by atoms with Crippen molar-refractivity contribution in [2.75, 3.05) is 56.2 Å². The number of morpholine rings is 1. The van der Waals surface area contributed by atoms with Crippen molar-refractivity contribution in [3.63, 3.8) is 0 Å². The lowest BCUT2D eigenvalue weighted by Crippen LogP contribution is -2.36. The number of anilines is 2. The molecule has 4 rings (SSSR count). The Hall–Kier alpha value is -3.50. The number of halogens is 2. The Labute approximate surface area is 194 Å². The molecule has 8 nitrogen and oxygen atoms in total. The maximum Gasteiger partial charge on any atom is 0.251 e. The van der Waals surface area contributed by atoms with Crippen LogP contribution in [0.2, 0.25) is 0 Å². The molecule has 1 aliphatic heterocycles. The molecule has 2 aromatic carbocycles. The fourth-order valence-electron chi connectivity index (χ4n) is 3.84. The molecule has 1 amide bonds. The van der Waals surface area contributed by atoms with Gasteiger partial charge in [-0.2, -0.15) is 0 Å². The van der Waals surface area contributed by atoms with Gasteiger partial charge in [-0.05, 0) is 36.2 Å². The second kappa shape index (κ2) is 10.6. The third-order valence-corrected chi connectivity index (χ3v) is 5.46. The molecule has 0 unspecified atom stereocenters. The zero-order valence-corrected chi connectivity index (χ0v) is 18.4. The Bertz CT molecular complexity index is 1220. The lowest BCUT2D eigenvalue weighted by atomic mass is 10.0. The first-order valence-electron chi connectivity index (χ1n) is 11.0. The highest BCUT2D eigenvalue weighted by molar-refractivity contribution is 5.98. The van der Waals surface area contributed by atoms with Crippen molar-refractivity contribution in [2.45, 2.75) is 6.42 Å². The summed E-state index contributed by atoms with van der Waals surface area (Å²) in [5, 5.41) is 14.8. The van der Waals surface area contributed by atoms with Gasteiger partial charge in [0, 0.05) is 49.6 Å². The maximum atomic E-state index is 13.5. The average molecular weight is 473 g/mol. The fourth-order valence-corrected chi connectivity index (χ4v) is 3.84. The molecule has 34 heavy (non-hydrogen) atoms. The molecule has 0 atom stereocenters. The molecule has 2 heterocycles. The number of ether oxygens (including phenoxy) is 1. The van der Waals surface area contributed by atoms with Crippen molar-refractivity contribution >= 4 is 28.4 Å². The second-order valence-electron chi connectivity index (χ2n) is 7.87. The SMILES string of the molecule is O=C(NCCO)c1cc(CCNc2cc(F)cc(F)c2)c2oc(N3CCOCC3)cc(=O)c2c1. The van der Waals surface area contributed by atoms with Crippen LogP contribution in [0.25, 0.3) is 11.0 Å². The van der Waals surface area contributed by atoms with Gasteiger partial charge in [0.25, 0.3) is 5.91 Å². The fraction of sp³-hybridized carbons (Fsp3) is 0.333. The number of aliphatic hydroxyl groups excluding tert-OH is 1. The largest absolute Gasteiger partial charge is 0.440 e. The van der Waals surface area contributed by atoms with E-state index in [0.29, 0.717) is 49.8 Å². The zero-order chi connectivity index (χ0) is 24.1. The number of carbonyl (C=O) groups is 1. The maximum absolute atomic E-state index is 13.5. The summed E-state index contributed by atoms with van der Waals surface area (Å²) >= 11 is 0. The summed E-state index contributed by atoms with van der Waals surface area (Å²) in [6.07, 6.45) is 0.311. The molecule has 10 heteroatoms. The molecule has 0 aliphatic carbocycles. The highest BCUT2D eigenvalue weighted by atomic mass is 19.1. The van der Waals surface area contributed by atoms with Crippen molar-refractivity contribution in [2.24, 2.45) is 0 Å². The smallest absolute Gasteiger partial charge is 0.251 e. The van der Waals surface area contributed by atoms with Crippen molar-refractivity contribution in [3.05, 3.63) is 69.4 Å². The third-order valence-electron chi connectivity index (χ3n) is 5.46. The summed E-state index contributed by atoms with van der Waals surface area (Å²) in [6.45, 7) is 2.33. The molecule has 0 radical (unpaired) electrons. The lowest BCUT2D eigenvalue weighted by Gasteiger charge is -2.27. The Kier molecular flexibility index (Phi) is 7.39. The van der Waals surface area contributed by atoms with E-state index in [1.807, 2.05) is 4.90 Å². The molecular formula is C24H25F2N3O5. The summed E-state index contributed by atoms with van der Waals surface area (Å²) in [7, 11) is 0. The van der Waals surface area contributed by atoms with E-state index in [0.717, 1.165) is 6.07 Å². The van der Waals surface area contributed by atoms with Gasteiger partial charge in [0.2, 0.25) is 0 Å². The van der Waals surface area contributed by atoms with E-state index < -0.39 is 17.5 Å². The number of carbonyl (C=O) groups excluding carboxylic acids is 1. The topological polar surface area (TPSA) is 104 Å². The Morgan fingerprint density at radius 1 is 1.03 bits per heavy atom. The van der Waals surface area contributed by atoms with Crippen LogP contribution in [-0.4, -0.2) is 57.0 Å². The molecule has 1 saturated heterocycles. The van der Waals surface area contributed by atoms with Gasteiger partial charge >= 0.3 is 0 Å². The van der Waals surface area contributed by atoms with Gasteiger partial charge in [0.15, 0.2) is 11.3 Å². The number of aliphatic hydroxyl groups is 1. The first kappa shape index (κ1) is 23.7. The molecule has 0 saturated carbocycles. The summed E-state index contributed by atoms with van der Waals surface area (Å²) < 4.78 is 38.5. The zero-order valence-electron chi connectivity index (χ0n) is 18.4. The van der Waals surface area contributed by atoms with E-state index >= 15 is 0 Å². The van der Waals surface area contributed by atoms with Crippen molar-refractivity contribution in [1.29, 1.82) is 0 Å². The quantitative estimate of drug-likeness (QED) is 0.461. The van der Waals surface area contributed by atoms with Crippen LogP contribution in [0.1, 0.15) is 15.9 Å². The van der Waals surface area contributed by atoms with Crippen LogP contribution in [0.4, 0.5) is 20.4 Å². The molecule has 1 aromatic heterocycles. The monoisotopic (exact) mass is 473 g/mol. The molecule has 180 valence electrons. The van der Waals surface area contributed by atoms with E-state index in [4.69, 9.17) is 14.3 Å². The number of amides is 1. The van der Waals surface area contributed by atoms with Crippen LogP contribution in [0.3, 0.4) is 0 Å². The number of nitrogens with zero attached hydrogens (tertiary/aromatic N) is 1. The van der Waals surface area contributed by atoms with Gasteiger partial charge in [-0.1, -0.05) is 0 Å². The van der Waals surface area contributed by atoms with Gasteiger partial charge in [0.1, 0.15) is 17.2 Å². The summed E-state index contributed by atoms with van der Waals surface area (Å²) in [6, 6.07) is 7.63. The number of hydrogen-bond donors (Lipinski definition) is 3. The normalized spacial score (nSPS) is 13.8. The van der Waals surface area contributed by atoms with Crippen molar-refractivity contribution < 1.29 is 27.8 Å². The molecule has 1 aliphatic rings. The summed E-state index contributed by atoms with van der Waals surface area (Å²) in [4.78, 5) is 27.4. The minimum Gasteiger partial charge on any atom is -0.440 e. The standard InChI is InChI=1S/C24H25F2N3O5/c25-17-11-18(26)13-19(12-17)27-2-1-15-9-16(24(32)28-3-6-30)10-20-21(31)14-22(34-23(15)20)29-4-7-33-8-5-29/h9-14,27,30H,1-8H2,(H,28,32). The molecule has 1 fully saturated rings. The lowest BCUT2D eigenvalue weighted by molar-refractivity contribution is 0.0944. The molecule has 3 N–H and O–H groups in total. The number of fused-ring (bicyclic) bond motifs is 1. The molecule has 0 bridgehead atoms. The number of benzene rings is 2. The average Bonchev–Trinajstić information content (AvgIpc) is 2.82. The summed E-state index contributed by atoms with van der Waals surface area (Å²) in [5.41, 5.74) is 1.16. The Morgan fingerprint density at radius 2 is 1.76 bits per heavy atom. The summed E-state index contributed by atoms with van der Waals surface area (Å²) in [5.74, 6) is -1.41. The van der Waals surface area contributed by atoms with Gasteiger partial charge in [-0.25, -0.2) is 8.78 Å². The van der Waals surface area contributed by atoms with Crippen molar-refractivity contribution in [1.82, 2.24) is 5.32 Å². The first-order chi connectivity index (χ1) is 16.4. The second-order valence-corrected chi connectivity index (χ2v) is 7.87. The predicted molar refractivity (Wildman–Crippen MR) is 123 cm³/mol. The Balaban J connectivity index is 1.68. The Morgan fingerprint density at radius 3 is 2.47 bits per heavy atom. The van der Waals surface area contributed by atoms with E-state index in [2.05, 4.69) is 10.6 Å². The van der Waals surface area contributed by atoms with Crippen LogP contribution in [0.15, 0.2) is 45.6 Å². The van der Waals surface area contributed by atoms with Crippen LogP contribution >= 0.6 is 0 Å². The van der Waals surface area contributed by atoms with E-state index in [9.17, 15) is 18.4 Å². The highest BCUT2D eigenvalue weighted by Crippen LogP contribution is 2.25. The predicted octanol–water partition coefficient (Wildman–Crippen LogP) is 2.28. The van der Waals surface area contributed by atoms with Gasteiger partial charge in [0.05, 0.1) is 25.2 Å². The first-order valence-corrected chi connectivity index (χ1v) is 11.0. The van der Waals surface area contributed by atoms with Gasteiger partial charge < -0.3 is 29.8 Å². The highest BCUT2D eigenvalue weighted by Gasteiger charge is 2.19.